The van der Waals surface area contributed by atoms with Gasteiger partial charge >= 0.3 is 5.69 Å². The summed E-state index contributed by atoms with van der Waals surface area (Å²) >= 11 is 7.53. The molecule has 26 heavy (non-hydrogen) atoms. The summed E-state index contributed by atoms with van der Waals surface area (Å²) in [4.78, 5) is 5.30. The Morgan fingerprint density at radius 2 is 1.54 bits per heavy atom. The van der Waals surface area contributed by atoms with Crippen molar-refractivity contribution >= 4 is 29.1 Å². The average molecular weight is 392 g/mol. The van der Waals surface area contributed by atoms with Gasteiger partial charge in [-0.15, -0.1) is 0 Å². The van der Waals surface area contributed by atoms with Gasteiger partial charge in [0.15, 0.2) is 4.98 Å². The van der Waals surface area contributed by atoms with Crippen molar-refractivity contribution in [2.24, 2.45) is 11.8 Å². The maximum absolute atomic E-state index is 9.36. The lowest BCUT2D eigenvalue weighted by atomic mass is 10.2. The first-order chi connectivity index (χ1) is 12.4. The first-order valence-corrected chi connectivity index (χ1v) is 9.80. The van der Waals surface area contributed by atoms with Gasteiger partial charge < -0.3 is 9.47 Å². The van der Waals surface area contributed by atoms with E-state index in [0.29, 0.717) is 47.3 Å². The maximum Gasteiger partial charge on any atom is 0.430 e. The van der Waals surface area contributed by atoms with Gasteiger partial charge in [0.25, 0.3) is 0 Å². The van der Waals surface area contributed by atoms with E-state index in [0.717, 1.165) is 9.79 Å². The minimum Gasteiger partial charge on any atom is -0.492 e. The van der Waals surface area contributed by atoms with E-state index >= 15 is 0 Å². The summed E-state index contributed by atoms with van der Waals surface area (Å²) in [7, 11) is 0. The molecular formula is C20H24ClN2O2S+. The van der Waals surface area contributed by atoms with Crippen molar-refractivity contribution in [2.75, 3.05) is 13.2 Å². The van der Waals surface area contributed by atoms with E-state index in [4.69, 9.17) is 21.1 Å². The van der Waals surface area contributed by atoms with Gasteiger partial charge in [-0.3, -0.25) is 0 Å². The van der Waals surface area contributed by atoms with Gasteiger partial charge in [0.05, 0.1) is 24.2 Å². The van der Waals surface area contributed by atoms with Gasteiger partial charge in [0, 0.05) is 16.0 Å². The molecule has 0 radical (unpaired) electrons. The van der Waals surface area contributed by atoms with Gasteiger partial charge in [-0.1, -0.05) is 51.1 Å². The van der Waals surface area contributed by atoms with Crippen LogP contribution in [-0.2, 0) is 0 Å². The first-order valence-electron chi connectivity index (χ1n) is 8.61. The molecule has 4 nitrogen and oxygen atoms in total. The van der Waals surface area contributed by atoms with Gasteiger partial charge in [0.1, 0.15) is 5.75 Å². The van der Waals surface area contributed by atoms with E-state index in [-0.39, 0.29) is 0 Å². The van der Waals surface area contributed by atoms with Crippen LogP contribution in [0.2, 0.25) is 5.02 Å². The molecule has 0 saturated carbocycles. The third-order valence-electron chi connectivity index (χ3n) is 3.32. The lowest BCUT2D eigenvalue weighted by Gasteiger charge is -2.14. The van der Waals surface area contributed by atoms with Gasteiger partial charge in [-0.25, -0.2) is 0 Å². The molecule has 0 heterocycles. The van der Waals surface area contributed by atoms with E-state index < -0.39 is 0 Å². The Bertz CT molecular complexity index is 771. The molecule has 0 saturated heterocycles. The molecule has 0 amide bonds. The minimum absolute atomic E-state index is 0.366. The third-order valence-corrected chi connectivity index (χ3v) is 4.62. The van der Waals surface area contributed by atoms with E-state index in [1.165, 1.54) is 0 Å². The normalized spacial score (nSPS) is 10.8. The van der Waals surface area contributed by atoms with Crippen LogP contribution in [0.25, 0.3) is 4.98 Å². The molecule has 0 N–H and O–H groups in total. The largest absolute Gasteiger partial charge is 0.492 e. The highest BCUT2D eigenvalue weighted by molar-refractivity contribution is 7.99. The van der Waals surface area contributed by atoms with Crippen LogP contribution in [0.15, 0.2) is 46.2 Å². The first kappa shape index (κ1) is 20.4. The van der Waals surface area contributed by atoms with Crippen molar-refractivity contribution in [1.82, 2.24) is 0 Å². The summed E-state index contributed by atoms with van der Waals surface area (Å²) in [6.45, 7) is 9.43. The minimum atomic E-state index is 0.366. The van der Waals surface area contributed by atoms with Crippen molar-refractivity contribution in [3.8, 4) is 11.5 Å². The maximum atomic E-state index is 9.36. The number of diazo groups is 1. The number of hydrogen-bond acceptors (Lipinski definition) is 4. The molecule has 0 aliphatic heterocycles. The van der Waals surface area contributed by atoms with Crippen LogP contribution >= 0.6 is 23.4 Å². The van der Waals surface area contributed by atoms with E-state index in [1.807, 2.05) is 30.3 Å². The van der Waals surface area contributed by atoms with Crippen LogP contribution in [0.4, 0.5) is 5.69 Å². The Balaban J connectivity index is 2.37. The standard InChI is InChI=1S/C20H24ClN2O2S/c1-13(2)11-24-18-10-20(26-16-7-5-15(21)6-8-16)19(9-17(18)23-22)25-12-14(3)4/h5-10,13-14H,11-12H2,1-4H3/q+1. The molecule has 2 aromatic carbocycles. The Kier molecular flexibility index (Phi) is 7.62. The molecule has 0 aliphatic carbocycles. The number of hydrogen-bond donors (Lipinski definition) is 0. The summed E-state index contributed by atoms with van der Waals surface area (Å²) in [5, 5.41) is 10.1. The van der Waals surface area contributed by atoms with Crippen molar-refractivity contribution in [3.63, 3.8) is 0 Å². The molecule has 0 aromatic heterocycles. The summed E-state index contributed by atoms with van der Waals surface area (Å²) in [5.41, 5.74) is 0.366. The number of benzene rings is 2. The van der Waals surface area contributed by atoms with Crippen LogP contribution in [0.5, 0.6) is 11.5 Å². The molecular weight excluding hydrogens is 368 g/mol. The van der Waals surface area contributed by atoms with Crippen molar-refractivity contribution in [1.29, 1.82) is 5.39 Å². The number of ether oxygens (including phenoxy) is 2. The van der Waals surface area contributed by atoms with Gasteiger partial charge in [0.2, 0.25) is 11.1 Å². The van der Waals surface area contributed by atoms with E-state index in [1.54, 1.807) is 17.8 Å². The molecule has 0 bridgehead atoms. The van der Waals surface area contributed by atoms with Gasteiger partial charge in [-0.05, 0) is 36.1 Å². The number of rotatable bonds is 8. The molecule has 2 rings (SSSR count). The van der Waals surface area contributed by atoms with Crippen LogP contribution in [0, 0.1) is 17.2 Å². The molecule has 2 aromatic rings. The van der Waals surface area contributed by atoms with Crippen LogP contribution in [-0.4, -0.2) is 13.2 Å². The monoisotopic (exact) mass is 391 g/mol. The third kappa shape index (κ3) is 6.12. The highest BCUT2D eigenvalue weighted by atomic mass is 35.5. The average Bonchev–Trinajstić information content (AvgIpc) is 2.60. The second kappa shape index (κ2) is 9.70. The zero-order valence-corrected chi connectivity index (χ0v) is 17.1. The Hall–Kier alpha value is -1.90. The predicted molar refractivity (Wildman–Crippen MR) is 107 cm³/mol. The quantitative estimate of drug-likeness (QED) is 0.452. The highest BCUT2D eigenvalue weighted by Crippen LogP contribution is 2.43. The summed E-state index contributed by atoms with van der Waals surface area (Å²) < 4.78 is 11.8. The lowest BCUT2D eigenvalue weighted by molar-refractivity contribution is 0.260. The molecule has 0 spiro atoms. The topological polar surface area (TPSA) is 46.6 Å². The van der Waals surface area contributed by atoms with Crippen LogP contribution in [0.1, 0.15) is 27.7 Å². The predicted octanol–water partition coefficient (Wildman–Crippen LogP) is 7.05. The van der Waals surface area contributed by atoms with Crippen molar-refractivity contribution in [2.45, 2.75) is 37.5 Å². The Morgan fingerprint density at radius 3 is 2.08 bits per heavy atom. The van der Waals surface area contributed by atoms with Crippen molar-refractivity contribution < 1.29 is 9.47 Å². The molecule has 6 heteroatoms. The van der Waals surface area contributed by atoms with E-state index in [2.05, 4.69) is 32.7 Å². The lowest BCUT2D eigenvalue weighted by Crippen LogP contribution is -2.07. The smallest absolute Gasteiger partial charge is 0.430 e. The fourth-order valence-corrected chi connectivity index (χ4v) is 3.10. The molecule has 0 atom stereocenters. The zero-order chi connectivity index (χ0) is 19.1. The second-order valence-corrected chi connectivity index (χ2v) is 8.38. The highest BCUT2D eigenvalue weighted by Gasteiger charge is 2.22. The summed E-state index contributed by atoms with van der Waals surface area (Å²) in [6.07, 6.45) is 0. The summed E-state index contributed by atoms with van der Waals surface area (Å²) in [6, 6.07) is 11.2. The number of halogens is 1. The van der Waals surface area contributed by atoms with Crippen LogP contribution in [0.3, 0.4) is 0 Å². The Labute approximate surface area is 164 Å². The fourth-order valence-electron chi connectivity index (χ4n) is 2.06. The molecule has 0 fully saturated rings. The second-order valence-electron chi connectivity index (χ2n) is 6.83. The van der Waals surface area contributed by atoms with Crippen molar-refractivity contribution in [3.05, 3.63) is 46.4 Å². The number of nitrogens with zero attached hydrogens (tertiary/aromatic N) is 2. The molecule has 0 aliphatic rings. The van der Waals surface area contributed by atoms with E-state index in [9.17, 15) is 5.39 Å². The fraction of sp³-hybridized carbons (Fsp3) is 0.400. The molecule has 138 valence electrons. The zero-order valence-electron chi connectivity index (χ0n) is 15.5. The van der Waals surface area contributed by atoms with Crippen LogP contribution < -0.4 is 9.47 Å². The molecule has 0 unspecified atom stereocenters. The van der Waals surface area contributed by atoms with Gasteiger partial charge in [-0.2, -0.15) is 0 Å². The Morgan fingerprint density at radius 1 is 0.962 bits per heavy atom. The SMILES string of the molecule is CC(C)COc1cc(Sc2ccc(Cl)cc2)c(OCC(C)C)cc1[N+]#N. The summed E-state index contributed by atoms with van der Waals surface area (Å²) in [5.74, 6) is 1.96.